The van der Waals surface area contributed by atoms with Gasteiger partial charge < -0.3 is 4.90 Å². The van der Waals surface area contributed by atoms with Crippen LogP contribution in [0, 0.1) is 0 Å². The highest BCUT2D eigenvalue weighted by Crippen LogP contribution is 2.36. The quantitative estimate of drug-likeness (QED) is 0.894. The first-order valence-corrected chi connectivity index (χ1v) is 7.75. The first kappa shape index (κ1) is 16.8. The van der Waals surface area contributed by atoms with Crippen LogP contribution in [-0.4, -0.2) is 43.9 Å². The number of hydrogen-bond donors (Lipinski definition) is 1. The Kier molecular flexibility index (Phi) is 4.29. The first-order chi connectivity index (χ1) is 11.3. The minimum atomic E-state index is -4.70. The summed E-state index contributed by atoms with van der Waals surface area (Å²) in [6, 6.07) is 1.83. The molecule has 0 unspecified atom stereocenters. The van der Waals surface area contributed by atoms with Crippen LogP contribution in [-0.2, 0) is 13.2 Å². The molecule has 0 spiro atoms. The zero-order valence-electron chi connectivity index (χ0n) is 12.8. The largest absolute Gasteiger partial charge is 0.436 e. The first-order valence-electron chi connectivity index (χ1n) is 7.37. The molecule has 3 rings (SSSR count). The van der Waals surface area contributed by atoms with E-state index in [9.17, 15) is 18.0 Å². The monoisotopic (exact) mass is 361 g/mol. The summed E-state index contributed by atoms with van der Waals surface area (Å²) in [6.45, 7) is 0.857. The minimum Gasteiger partial charge on any atom is -0.337 e. The maximum absolute atomic E-state index is 12.9. The molecule has 0 bridgehead atoms. The van der Waals surface area contributed by atoms with E-state index in [2.05, 4.69) is 15.3 Å². The number of nitrogens with one attached hydrogen (secondary N) is 1. The second kappa shape index (κ2) is 6.12. The fourth-order valence-corrected chi connectivity index (χ4v) is 3.32. The highest BCUT2D eigenvalue weighted by Gasteiger charge is 2.40. The van der Waals surface area contributed by atoms with E-state index in [1.165, 1.54) is 11.9 Å². The lowest BCUT2D eigenvalue weighted by Crippen LogP contribution is -2.40. The van der Waals surface area contributed by atoms with Crippen LogP contribution in [0.5, 0.6) is 0 Å². The number of carbonyl (C=O) groups is 1. The molecule has 2 aromatic rings. The topological polar surface area (TPSA) is 66.8 Å². The van der Waals surface area contributed by atoms with Crippen molar-refractivity contribution >= 4 is 17.5 Å². The third-order valence-electron chi connectivity index (χ3n) is 4.13. The summed E-state index contributed by atoms with van der Waals surface area (Å²) in [5, 5.41) is 9.48. The predicted octanol–water partition coefficient (Wildman–Crippen LogP) is 2.84. The van der Waals surface area contributed by atoms with E-state index in [0.29, 0.717) is 13.1 Å². The summed E-state index contributed by atoms with van der Waals surface area (Å²) < 4.78 is 39.6. The number of halogens is 4. The van der Waals surface area contributed by atoms with Gasteiger partial charge in [0.15, 0.2) is 5.69 Å². The fraction of sp³-hybridized carbons (Fsp3) is 0.500. The Hall–Kier alpha value is -2.03. The van der Waals surface area contributed by atoms with Gasteiger partial charge in [-0.25, -0.2) is 0 Å². The molecule has 24 heavy (non-hydrogen) atoms. The molecule has 1 amide bonds. The highest BCUT2D eigenvalue weighted by atomic mass is 35.5. The van der Waals surface area contributed by atoms with Gasteiger partial charge >= 0.3 is 6.18 Å². The van der Waals surface area contributed by atoms with Gasteiger partial charge in [-0.1, -0.05) is 11.6 Å². The lowest BCUT2D eigenvalue weighted by molar-refractivity contribution is -0.141. The van der Waals surface area contributed by atoms with Crippen LogP contribution in [0.15, 0.2) is 12.3 Å². The number of H-pyrrole nitrogens is 1. The molecule has 1 aliphatic heterocycles. The Balaban J connectivity index is 1.85. The van der Waals surface area contributed by atoms with Crippen LogP contribution in [0.25, 0.3) is 0 Å². The number of aromatic amines is 1. The number of likely N-dealkylation sites (tertiary alicyclic amines) is 1. The smallest absolute Gasteiger partial charge is 0.337 e. The second-order valence-electron chi connectivity index (χ2n) is 5.73. The standard InChI is InChI=1S/C14H15ClF3N5O/c1-22-11(10(15)12(21-22)14(16,17)18)13(24)23-6-2-3-8(7-23)9-4-5-19-20-9/h4-5,8H,2-3,6-7H2,1H3,(H,19,20)/t8-/m0/s1. The van der Waals surface area contributed by atoms with Crippen LogP contribution in [0.4, 0.5) is 13.2 Å². The Morgan fingerprint density at radius 2 is 2.21 bits per heavy atom. The average molecular weight is 362 g/mol. The number of amides is 1. The van der Waals surface area contributed by atoms with E-state index in [0.717, 1.165) is 23.2 Å². The van der Waals surface area contributed by atoms with Crippen molar-refractivity contribution < 1.29 is 18.0 Å². The molecule has 0 radical (unpaired) electrons. The molecular weight excluding hydrogens is 347 g/mol. The van der Waals surface area contributed by atoms with Gasteiger partial charge in [-0.15, -0.1) is 0 Å². The van der Waals surface area contributed by atoms with Crippen molar-refractivity contribution in [2.45, 2.75) is 24.9 Å². The molecular formula is C14H15ClF3N5O. The van der Waals surface area contributed by atoms with Crippen LogP contribution >= 0.6 is 11.6 Å². The molecule has 6 nitrogen and oxygen atoms in total. The maximum Gasteiger partial charge on any atom is 0.436 e. The molecule has 0 saturated carbocycles. The zero-order valence-corrected chi connectivity index (χ0v) is 13.5. The predicted molar refractivity (Wildman–Crippen MR) is 79.7 cm³/mol. The molecule has 1 saturated heterocycles. The average Bonchev–Trinajstić information content (AvgIpc) is 3.15. The molecule has 130 valence electrons. The Labute approximate surface area is 140 Å². The van der Waals surface area contributed by atoms with Crippen molar-refractivity contribution in [3.8, 4) is 0 Å². The summed E-state index contributed by atoms with van der Waals surface area (Å²) in [5.74, 6) is -0.478. The van der Waals surface area contributed by atoms with Crippen molar-refractivity contribution in [2.24, 2.45) is 7.05 Å². The summed E-state index contributed by atoms with van der Waals surface area (Å²) in [5.41, 5.74) is -0.578. The number of rotatable bonds is 2. The van der Waals surface area contributed by atoms with E-state index in [4.69, 9.17) is 11.6 Å². The third kappa shape index (κ3) is 3.00. The van der Waals surface area contributed by atoms with Crippen LogP contribution in [0.1, 0.15) is 40.6 Å². The van der Waals surface area contributed by atoms with Gasteiger partial charge in [0.2, 0.25) is 0 Å². The molecule has 0 aromatic carbocycles. The summed E-state index contributed by atoms with van der Waals surface area (Å²) >= 11 is 5.80. The van der Waals surface area contributed by atoms with Crippen molar-refractivity contribution in [3.63, 3.8) is 0 Å². The summed E-state index contributed by atoms with van der Waals surface area (Å²) in [6.07, 6.45) is -1.45. The van der Waals surface area contributed by atoms with Crippen LogP contribution < -0.4 is 0 Å². The Bertz CT molecular complexity index is 740. The van der Waals surface area contributed by atoms with Gasteiger partial charge in [0.25, 0.3) is 5.91 Å². The van der Waals surface area contributed by atoms with Gasteiger partial charge in [-0.3, -0.25) is 14.6 Å². The SMILES string of the molecule is Cn1nc(C(F)(F)F)c(Cl)c1C(=O)N1CCC[C@H](c2ccn[nH]2)C1. The number of alkyl halides is 3. The van der Waals surface area contributed by atoms with E-state index < -0.39 is 22.8 Å². The minimum absolute atomic E-state index is 0.0688. The van der Waals surface area contributed by atoms with Gasteiger partial charge in [0.1, 0.15) is 10.7 Å². The molecule has 1 aliphatic rings. The molecule has 1 N–H and O–H groups in total. The summed E-state index contributed by atoms with van der Waals surface area (Å²) in [4.78, 5) is 14.2. The van der Waals surface area contributed by atoms with Crippen LogP contribution in [0.3, 0.4) is 0 Å². The second-order valence-corrected chi connectivity index (χ2v) is 6.11. The molecule has 1 fully saturated rings. The van der Waals surface area contributed by atoms with E-state index in [-0.39, 0.29) is 11.6 Å². The number of hydrogen-bond acceptors (Lipinski definition) is 3. The normalized spacial score (nSPS) is 18.9. The maximum atomic E-state index is 12.9. The van der Waals surface area contributed by atoms with Crippen molar-refractivity contribution in [3.05, 3.63) is 34.4 Å². The van der Waals surface area contributed by atoms with E-state index in [1.807, 2.05) is 6.07 Å². The van der Waals surface area contributed by atoms with E-state index in [1.54, 1.807) is 6.20 Å². The van der Waals surface area contributed by atoms with Gasteiger partial charge in [-0.2, -0.15) is 23.4 Å². The summed E-state index contributed by atoms with van der Waals surface area (Å²) in [7, 11) is 1.28. The van der Waals surface area contributed by atoms with Crippen molar-refractivity contribution in [1.82, 2.24) is 24.9 Å². The Morgan fingerprint density at radius 1 is 1.46 bits per heavy atom. The van der Waals surface area contributed by atoms with Crippen LogP contribution in [0.2, 0.25) is 5.02 Å². The molecule has 2 aromatic heterocycles. The Morgan fingerprint density at radius 3 is 2.79 bits per heavy atom. The molecule has 0 aliphatic carbocycles. The third-order valence-corrected chi connectivity index (χ3v) is 4.49. The molecule has 10 heteroatoms. The lowest BCUT2D eigenvalue weighted by Gasteiger charge is -2.32. The lowest BCUT2D eigenvalue weighted by atomic mass is 9.94. The van der Waals surface area contributed by atoms with Gasteiger partial charge in [0.05, 0.1) is 0 Å². The number of aromatic nitrogens is 4. The van der Waals surface area contributed by atoms with E-state index >= 15 is 0 Å². The number of nitrogens with zero attached hydrogens (tertiary/aromatic N) is 4. The zero-order chi connectivity index (χ0) is 17.5. The fourth-order valence-electron chi connectivity index (χ4n) is 2.97. The number of aryl methyl sites for hydroxylation is 1. The van der Waals surface area contributed by atoms with Crippen molar-refractivity contribution in [1.29, 1.82) is 0 Å². The highest BCUT2D eigenvalue weighted by molar-refractivity contribution is 6.34. The number of piperidine rings is 1. The number of carbonyl (C=O) groups excluding carboxylic acids is 1. The molecule has 3 heterocycles. The van der Waals surface area contributed by atoms with Crippen molar-refractivity contribution in [2.75, 3.05) is 13.1 Å². The van der Waals surface area contributed by atoms with Gasteiger partial charge in [-0.05, 0) is 18.9 Å². The van der Waals surface area contributed by atoms with Gasteiger partial charge in [0, 0.05) is 37.9 Å². The molecule has 1 atom stereocenters.